The van der Waals surface area contributed by atoms with Crippen LogP contribution in [-0.2, 0) is 18.6 Å². The molecule has 0 heterocycles. The van der Waals surface area contributed by atoms with Gasteiger partial charge >= 0.3 is 13.8 Å². The molecule has 3 N–H and O–H groups in total. The number of carbonyl (C=O) groups excluding carboxylic acids is 1. The summed E-state index contributed by atoms with van der Waals surface area (Å²) in [5.74, 6) is -0.500. The highest BCUT2D eigenvalue weighted by Gasteiger charge is 2.17. The highest BCUT2D eigenvalue weighted by Crippen LogP contribution is 2.35. The Kier molecular flexibility index (Phi) is 5.90. The van der Waals surface area contributed by atoms with Crippen LogP contribution in [0.3, 0.4) is 0 Å². The zero-order chi connectivity index (χ0) is 11.2. The average molecular weight is 228 g/mol. The number of aliphatic hydroxyl groups is 1. The van der Waals surface area contributed by atoms with Crippen molar-refractivity contribution in [2.24, 2.45) is 0 Å². The first-order valence-electron chi connectivity index (χ1n) is 3.89. The van der Waals surface area contributed by atoms with Crippen molar-refractivity contribution in [3.8, 4) is 0 Å². The highest BCUT2D eigenvalue weighted by atomic mass is 31.2. The fraction of sp³-hybridized carbons (Fsp3) is 0.833. The number of rotatable bonds is 6. The van der Waals surface area contributed by atoms with Crippen molar-refractivity contribution in [3.63, 3.8) is 0 Å². The minimum atomic E-state index is -4.57. The lowest BCUT2D eigenvalue weighted by atomic mass is 10.4. The Morgan fingerprint density at radius 1 is 1.43 bits per heavy atom. The van der Waals surface area contributed by atoms with Gasteiger partial charge in [0.1, 0.15) is 12.7 Å². The van der Waals surface area contributed by atoms with Gasteiger partial charge in [-0.3, -0.25) is 9.32 Å². The molecule has 0 radical (unpaired) electrons. The van der Waals surface area contributed by atoms with Gasteiger partial charge in [0.2, 0.25) is 0 Å². The molecule has 0 bridgehead atoms. The Bertz CT molecular complexity index is 222. The molecule has 7 nitrogen and oxygen atoms in total. The second-order valence-corrected chi connectivity index (χ2v) is 3.72. The number of carbonyl (C=O) groups is 1. The predicted molar refractivity (Wildman–Crippen MR) is 45.3 cm³/mol. The van der Waals surface area contributed by atoms with Crippen molar-refractivity contribution in [3.05, 3.63) is 0 Å². The van der Waals surface area contributed by atoms with Gasteiger partial charge < -0.3 is 19.6 Å². The SMILES string of the molecule is CCC(=O)OC[C@@H](O)COP(=O)(O)O. The Balaban J connectivity index is 3.61. The number of hydrogen-bond acceptors (Lipinski definition) is 5. The molecule has 14 heavy (non-hydrogen) atoms. The van der Waals surface area contributed by atoms with Crippen LogP contribution in [0.15, 0.2) is 0 Å². The zero-order valence-electron chi connectivity index (χ0n) is 7.62. The molecular formula is C6H13O7P. The minimum Gasteiger partial charge on any atom is -0.463 e. The summed E-state index contributed by atoms with van der Waals surface area (Å²) in [6.07, 6.45) is -1.07. The van der Waals surface area contributed by atoms with Crippen LogP contribution in [0, 0.1) is 0 Å². The van der Waals surface area contributed by atoms with E-state index in [1.54, 1.807) is 6.92 Å². The van der Waals surface area contributed by atoms with Crippen LogP contribution in [0.1, 0.15) is 13.3 Å². The van der Waals surface area contributed by atoms with Crippen LogP contribution in [0.4, 0.5) is 0 Å². The topological polar surface area (TPSA) is 113 Å². The molecule has 1 atom stereocenters. The zero-order valence-corrected chi connectivity index (χ0v) is 8.51. The van der Waals surface area contributed by atoms with E-state index in [1.165, 1.54) is 0 Å². The van der Waals surface area contributed by atoms with E-state index in [-0.39, 0.29) is 13.0 Å². The summed E-state index contributed by atoms with van der Waals surface area (Å²) < 4.78 is 18.7. The van der Waals surface area contributed by atoms with Gasteiger partial charge in [0.15, 0.2) is 0 Å². The van der Waals surface area contributed by atoms with Crippen LogP contribution in [-0.4, -0.2) is 40.2 Å². The lowest BCUT2D eigenvalue weighted by Gasteiger charge is -2.11. The molecule has 0 saturated heterocycles. The first kappa shape index (κ1) is 13.5. The molecule has 0 rings (SSSR count). The third-order valence-electron chi connectivity index (χ3n) is 1.16. The molecule has 0 aromatic rings. The lowest BCUT2D eigenvalue weighted by molar-refractivity contribution is -0.146. The number of phosphoric acid groups is 1. The monoisotopic (exact) mass is 228 g/mol. The van der Waals surface area contributed by atoms with Gasteiger partial charge in [-0.25, -0.2) is 4.57 Å². The van der Waals surface area contributed by atoms with Gasteiger partial charge in [-0.15, -0.1) is 0 Å². The Morgan fingerprint density at radius 3 is 2.43 bits per heavy atom. The van der Waals surface area contributed by atoms with E-state index >= 15 is 0 Å². The van der Waals surface area contributed by atoms with Gasteiger partial charge in [-0.2, -0.15) is 0 Å². The fourth-order valence-corrected chi connectivity index (χ4v) is 0.889. The van der Waals surface area contributed by atoms with Crippen molar-refractivity contribution >= 4 is 13.8 Å². The molecule has 8 heteroatoms. The summed E-state index contributed by atoms with van der Waals surface area (Å²) in [7, 11) is -4.57. The van der Waals surface area contributed by atoms with Crippen LogP contribution < -0.4 is 0 Å². The van der Waals surface area contributed by atoms with Crippen molar-refractivity contribution in [1.29, 1.82) is 0 Å². The summed E-state index contributed by atoms with van der Waals surface area (Å²) in [6.45, 7) is 0.662. The maximum absolute atomic E-state index is 10.6. The first-order chi connectivity index (χ1) is 6.35. The second kappa shape index (κ2) is 6.10. The molecule has 0 aliphatic carbocycles. The van der Waals surface area contributed by atoms with Gasteiger partial charge in [0.05, 0.1) is 6.61 Å². The van der Waals surface area contributed by atoms with Gasteiger partial charge in [-0.1, -0.05) is 6.92 Å². The number of phosphoric ester groups is 1. The van der Waals surface area contributed by atoms with Crippen molar-refractivity contribution < 1.29 is 33.5 Å². The van der Waals surface area contributed by atoms with E-state index in [0.29, 0.717) is 0 Å². The number of esters is 1. The first-order valence-corrected chi connectivity index (χ1v) is 5.42. The second-order valence-electron chi connectivity index (χ2n) is 2.48. The molecule has 0 aliphatic rings. The molecular weight excluding hydrogens is 215 g/mol. The van der Waals surface area contributed by atoms with Crippen LogP contribution in [0.25, 0.3) is 0 Å². The third kappa shape index (κ3) is 8.15. The molecule has 0 aliphatic heterocycles. The average Bonchev–Trinajstić information content (AvgIpc) is 2.09. The molecule has 0 unspecified atom stereocenters. The summed E-state index contributed by atoms with van der Waals surface area (Å²) in [5, 5.41) is 9.01. The summed E-state index contributed by atoms with van der Waals surface area (Å²) in [4.78, 5) is 27.1. The highest BCUT2D eigenvalue weighted by molar-refractivity contribution is 7.46. The van der Waals surface area contributed by atoms with Crippen LogP contribution in [0.5, 0.6) is 0 Å². The largest absolute Gasteiger partial charge is 0.469 e. The molecule has 0 amide bonds. The molecule has 0 aromatic carbocycles. The van der Waals surface area contributed by atoms with Crippen LogP contribution >= 0.6 is 7.82 Å². The standard InChI is InChI=1S/C6H13O7P/c1-2-6(8)12-3-5(7)4-13-14(9,10)11/h5,7H,2-4H2,1H3,(H2,9,10,11)/t5-/m1/s1. The predicted octanol–water partition coefficient (Wildman–Crippen LogP) is -0.590. The third-order valence-corrected chi connectivity index (χ3v) is 1.65. The normalized spacial score (nSPS) is 13.7. The number of ether oxygens (including phenoxy) is 1. The van der Waals surface area contributed by atoms with E-state index in [1.807, 2.05) is 0 Å². The van der Waals surface area contributed by atoms with E-state index in [2.05, 4.69) is 9.26 Å². The Morgan fingerprint density at radius 2 is 2.00 bits per heavy atom. The van der Waals surface area contributed by atoms with Crippen LogP contribution in [0.2, 0.25) is 0 Å². The minimum absolute atomic E-state index is 0.173. The fourth-order valence-electron chi connectivity index (χ4n) is 0.522. The van der Waals surface area contributed by atoms with Crippen molar-refractivity contribution in [1.82, 2.24) is 0 Å². The lowest BCUT2D eigenvalue weighted by Crippen LogP contribution is -2.23. The summed E-state index contributed by atoms with van der Waals surface area (Å²) in [5.41, 5.74) is 0. The molecule has 0 saturated carbocycles. The summed E-state index contributed by atoms with van der Waals surface area (Å²) in [6, 6.07) is 0. The molecule has 0 aromatic heterocycles. The van der Waals surface area contributed by atoms with E-state index < -0.39 is 26.5 Å². The van der Waals surface area contributed by atoms with E-state index in [4.69, 9.17) is 14.9 Å². The smallest absolute Gasteiger partial charge is 0.463 e. The number of hydrogen-bond donors (Lipinski definition) is 3. The van der Waals surface area contributed by atoms with Gasteiger partial charge in [-0.05, 0) is 0 Å². The Hall–Kier alpha value is -0.460. The quantitative estimate of drug-likeness (QED) is 0.411. The molecule has 84 valence electrons. The van der Waals surface area contributed by atoms with E-state index in [9.17, 15) is 9.36 Å². The maximum Gasteiger partial charge on any atom is 0.469 e. The number of aliphatic hydroxyl groups excluding tert-OH is 1. The van der Waals surface area contributed by atoms with Gasteiger partial charge in [0, 0.05) is 6.42 Å². The summed E-state index contributed by atoms with van der Waals surface area (Å²) >= 11 is 0. The van der Waals surface area contributed by atoms with E-state index in [0.717, 1.165) is 0 Å². The van der Waals surface area contributed by atoms with Gasteiger partial charge in [0.25, 0.3) is 0 Å². The van der Waals surface area contributed by atoms with Crippen molar-refractivity contribution in [2.75, 3.05) is 13.2 Å². The Labute approximate surface area is 80.9 Å². The molecule has 0 fully saturated rings. The molecule has 0 spiro atoms. The maximum atomic E-state index is 10.6. The van der Waals surface area contributed by atoms with Crippen molar-refractivity contribution in [2.45, 2.75) is 19.4 Å².